The van der Waals surface area contributed by atoms with Gasteiger partial charge in [-0.25, -0.2) is 19.6 Å². The van der Waals surface area contributed by atoms with Gasteiger partial charge in [0.25, 0.3) is 0 Å². The lowest BCUT2D eigenvalue weighted by atomic mass is 10.3. The first kappa shape index (κ1) is 15.1. The zero-order valence-electron chi connectivity index (χ0n) is 11.1. The minimum atomic E-state index is -0.890. The monoisotopic (exact) mass is 273 g/mol. The van der Waals surface area contributed by atoms with E-state index in [1.165, 1.54) is 9.80 Å². The van der Waals surface area contributed by atoms with Gasteiger partial charge in [0, 0.05) is 26.7 Å². The van der Waals surface area contributed by atoms with Gasteiger partial charge >= 0.3 is 0 Å². The molecule has 0 saturated heterocycles. The molecule has 0 aromatic carbocycles. The molecule has 106 valence electrons. The highest BCUT2D eigenvalue weighted by Crippen LogP contribution is 2.21. The highest BCUT2D eigenvalue weighted by atomic mass is 19.1. The Morgan fingerprint density at radius 2 is 2.05 bits per heavy atom. The number of pyridine rings is 1. The van der Waals surface area contributed by atoms with E-state index in [1.807, 2.05) is 5.43 Å². The van der Waals surface area contributed by atoms with E-state index in [1.54, 1.807) is 21.0 Å². The molecule has 0 aliphatic heterocycles. The average molecular weight is 273 g/mol. The number of carbonyl (C=O) groups excluding carboxylic acids is 1. The van der Waals surface area contributed by atoms with Crippen LogP contribution in [0.2, 0.25) is 0 Å². The van der Waals surface area contributed by atoms with Crippen molar-refractivity contribution in [1.82, 2.24) is 9.88 Å². The predicted molar refractivity (Wildman–Crippen MR) is 68.5 cm³/mol. The number of nitrogens with two attached hydrogens (primary N) is 1. The van der Waals surface area contributed by atoms with Crippen LogP contribution in [0.5, 0.6) is 0 Å². The minimum Gasteiger partial charge on any atom is -0.347 e. The molecule has 0 bridgehead atoms. The summed E-state index contributed by atoms with van der Waals surface area (Å²) in [6, 6.07) is 0.681. The second-order valence-electron chi connectivity index (χ2n) is 4.07. The zero-order valence-corrected chi connectivity index (χ0v) is 11.1. The number of hydrogen-bond donors (Lipinski definition) is 2. The van der Waals surface area contributed by atoms with Gasteiger partial charge in [-0.2, -0.15) is 0 Å². The smallest absolute Gasteiger partial charge is 0.241 e. The first-order valence-corrected chi connectivity index (χ1v) is 5.68. The van der Waals surface area contributed by atoms with Gasteiger partial charge < -0.3 is 15.2 Å². The van der Waals surface area contributed by atoms with Gasteiger partial charge in [0.05, 0.1) is 6.54 Å². The predicted octanol–water partition coefficient (Wildman–Crippen LogP) is 0.560. The molecule has 0 fully saturated rings. The summed E-state index contributed by atoms with van der Waals surface area (Å²) in [5, 5.41) is 0. The number of carbonyl (C=O) groups is 1. The molecule has 0 aliphatic carbocycles. The van der Waals surface area contributed by atoms with Gasteiger partial charge in [0.2, 0.25) is 5.91 Å². The van der Waals surface area contributed by atoms with Crippen molar-refractivity contribution in [1.29, 1.82) is 0 Å². The quantitative estimate of drug-likeness (QED) is 0.605. The number of nitrogen functional groups attached to an aromatic ring is 1. The standard InChI is InChI=1S/C11H17F2N5O/c1-4-18(6-9(19)17(2)3)11-8(13)5-7(12)10(15-11)16-14/h5H,4,6,14H2,1-3H3,(H,15,16). The number of likely N-dealkylation sites (N-methyl/N-ethyl adjacent to an activating group) is 2. The summed E-state index contributed by atoms with van der Waals surface area (Å²) in [5.74, 6) is 2.76. The number of halogens is 2. The maximum Gasteiger partial charge on any atom is 0.241 e. The molecular weight excluding hydrogens is 256 g/mol. The van der Waals surface area contributed by atoms with Crippen LogP contribution in [-0.2, 0) is 4.79 Å². The average Bonchev–Trinajstić information content (AvgIpc) is 2.36. The first-order chi connectivity index (χ1) is 8.90. The molecule has 19 heavy (non-hydrogen) atoms. The number of hydrazine groups is 1. The highest BCUT2D eigenvalue weighted by Gasteiger charge is 2.19. The molecule has 0 radical (unpaired) electrons. The summed E-state index contributed by atoms with van der Waals surface area (Å²) >= 11 is 0. The largest absolute Gasteiger partial charge is 0.347 e. The van der Waals surface area contributed by atoms with Gasteiger partial charge in [-0.3, -0.25) is 4.79 Å². The molecule has 1 aromatic heterocycles. The number of anilines is 2. The Hall–Kier alpha value is -1.96. The van der Waals surface area contributed by atoms with Gasteiger partial charge in [-0.05, 0) is 6.92 Å². The van der Waals surface area contributed by atoms with Crippen molar-refractivity contribution < 1.29 is 13.6 Å². The van der Waals surface area contributed by atoms with Crippen LogP contribution in [0.4, 0.5) is 20.4 Å². The third kappa shape index (κ3) is 3.50. The third-order valence-electron chi connectivity index (χ3n) is 2.55. The lowest BCUT2D eigenvalue weighted by Gasteiger charge is -2.24. The van der Waals surface area contributed by atoms with Crippen LogP contribution in [0.3, 0.4) is 0 Å². The molecule has 1 amide bonds. The van der Waals surface area contributed by atoms with E-state index in [4.69, 9.17) is 5.84 Å². The Morgan fingerprint density at radius 1 is 1.42 bits per heavy atom. The number of amides is 1. The lowest BCUT2D eigenvalue weighted by Crippen LogP contribution is -2.37. The van der Waals surface area contributed by atoms with Crippen molar-refractivity contribution in [3.05, 3.63) is 17.7 Å². The summed E-state index contributed by atoms with van der Waals surface area (Å²) in [5.41, 5.74) is 2.04. The Kier molecular flexibility index (Phi) is 4.99. The van der Waals surface area contributed by atoms with Crippen LogP contribution in [0.15, 0.2) is 6.07 Å². The maximum absolute atomic E-state index is 13.7. The van der Waals surface area contributed by atoms with Crippen molar-refractivity contribution in [2.75, 3.05) is 37.5 Å². The van der Waals surface area contributed by atoms with Crippen LogP contribution in [0.1, 0.15) is 6.92 Å². The summed E-state index contributed by atoms with van der Waals surface area (Å²) in [7, 11) is 3.19. The van der Waals surface area contributed by atoms with E-state index < -0.39 is 11.6 Å². The first-order valence-electron chi connectivity index (χ1n) is 5.68. The Labute approximate surface area is 110 Å². The van der Waals surface area contributed by atoms with Crippen LogP contribution < -0.4 is 16.2 Å². The van der Waals surface area contributed by atoms with E-state index in [0.717, 1.165) is 0 Å². The second-order valence-corrected chi connectivity index (χ2v) is 4.07. The van der Waals surface area contributed by atoms with E-state index in [-0.39, 0.29) is 24.1 Å². The van der Waals surface area contributed by atoms with Gasteiger partial charge in [-0.1, -0.05) is 0 Å². The van der Waals surface area contributed by atoms with Crippen LogP contribution in [0, 0.1) is 11.6 Å². The van der Waals surface area contributed by atoms with Gasteiger partial charge in [-0.15, -0.1) is 0 Å². The summed E-state index contributed by atoms with van der Waals surface area (Å²) < 4.78 is 27.0. The zero-order chi connectivity index (χ0) is 14.6. The topological polar surface area (TPSA) is 74.5 Å². The molecule has 0 aliphatic rings. The SMILES string of the molecule is CCN(CC(=O)N(C)C)c1nc(NN)c(F)cc1F. The molecule has 0 atom stereocenters. The van der Waals surface area contributed by atoms with Gasteiger partial charge in [0.1, 0.15) is 0 Å². The molecule has 1 rings (SSSR count). The molecule has 0 spiro atoms. The Bertz CT molecular complexity index is 467. The molecule has 8 heteroatoms. The fraction of sp³-hybridized carbons (Fsp3) is 0.455. The summed E-state index contributed by atoms with van der Waals surface area (Å²) in [6.07, 6.45) is 0. The lowest BCUT2D eigenvalue weighted by molar-refractivity contribution is -0.127. The molecule has 6 nitrogen and oxygen atoms in total. The molecule has 0 unspecified atom stereocenters. The summed E-state index contributed by atoms with van der Waals surface area (Å²) in [4.78, 5) is 18.2. The fourth-order valence-corrected chi connectivity index (χ4v) is 1.42. The third-order valence-corrected chi connectivity index (χ3v) is 2.55. The normalized spacial score (nSPS) is 10.2. The van der Waals surface area contributed by atoms with Crippen molar-refractivity contribution in [2.45, 2.75) is 6.92 Å². The number of aromatic nitrogens is 1. The number of rotatable bonds is 5. The second kappa shape index (κ2) is 6.28. The number of nitrogens with zero attached hydrogens (tertiary/aromatic N) is 3. The van der Waals surface area contributed by atoms with E-state index in [9.17, 15) is 13.6 Å². The van der Waals surface area contributed by atoms with Crippen LogP contribution in [-0.4, -0.2) is 43.0 Å². The maximum atomic E-state index is 13.7. The van der Waals surface area contributed by atoms with Crippen molar-refractivity contribution in [3.8, 4) is 0 Å². The number of hydrogen-bond acceptors (Lipinski definition) is 5. The molecular formula is C11H17F2N5O. The molecule has 1 heterocycles. The van der Waals surface area contributed by atoms with E-state index in [0.29, 0.717) is 12.6 Å². The number of nitrogens with one attached hydrogen (secondary N) is 1. The molecule has 3 N–H and O–H groups in total. The Morgan fingerprint density at radius 3 is 2.53 bits per heavy atom. The minimum absolute atomic E-state index is 0.0525. The van der Waals surface area contributed by atoms with E-state index in [2.05, 4.69) is 4.98 Å². The molecule has 1 aromatic rings. The van der Waals surface area contributed by atoms with Crippen molar-refractivity contribution >= 4 is 17.5 Å². The van der Waals surface area contributed by atoms with Crippen molar-refractivity contribution in [2.24, 2.45) is 5.84 Å². The molecule has 0 saturated carbocycles. The van der Waals surface area contributed by atoms with Crippen LogP contribution in [0.25, 0.3) is 0 Å². The Balaban J connectivity index is 3.07. The highest BCUT2D eigenvalue weighted by molar-refractivity contribution is 5.80. The van der Waals surface area contributed by atoms with Crippen LogP contribution >= 0.6 is 0 Å². The van der Waals surface area contributed by atoms with Gasteiger partial charge in [0.15, 0.2) is 23.3 Å². The summed E-state index contributed by atoms with van der Waals surface area (Å²) in [6.45, 7) is 2.03. The van der Waals surface area contributed by atoms with E-state index >= 15 is 0 Å². The fourth-order valence-electron chi connectivity index (χ4n) is 1.42. The van der Waals surface area contributed by atoms with Crippen molar-refractivity contribution in [3.63, 3.8) is 0 Å².